The van der Waals surface area contributed by atoms with Crippen molar-refractivity contribution in [1.29, 1.82) is 5.41 Å². The van der Waals surface area contributed by atoms with Gasteiger partial charge in [-0.1, -0.05) is 27.7 Å². The van der Waals surface area contributed by atoms with Crippen molar-refractivity contribution in [2.45, 2.75) is 59.4 Å². The van der Waals surface area contributed by atoms with Crippen LogP contribution < -0.4 is 5.73 Å². The maximum Gasteiger partial charge on any atom is 0.0918 e. The molecule has 3 nitrogen and oxygen atoms in total. The minimum Gasteiger partial charge on any atom is -0.388 e. The fourth-order valence-electron chi connectivity index (χ4n) is 3.36. The lowest BCUT2D eigenvalue weighted by Gasteiger charge is -2.40. The van der Waals surface area contributed by atoms with Crippen LogP contribution in [0, 0.1) is 23.2 Å². The van der Waals surface area contributed by atoms with Crippen LogP contribution in [0.25, 0.3) is 0 Å². The molecule has 1 aliphatic rings. The molecule has 2 unspecified atom stereocenters. The Morgan fingerprint density at radius 2 is 1.78 bits per heavy atom. The van der Waals surface area contributed by atoms with Gasteiger partial charge in [0.2, 0.25) is 0 Å². The lowest BCUT2D eigenvalue weighted by atomic mass is 9.79. The van der Waals surface area contributed by atoms with E-state index in [0.29, 0.717) is 24.2 Å². The molecule has 0 bridgehead atoms. The third kappa shape index (κ3) is 5.38. The maximum atomic E-state index is 7.41. The number of nitrogens with two attached hydrogens (primary N) is 1. The Balaban J connectivity index is 2.59. The molecule has 1 aliphatic carbocycles. The molecule has 0 radical (unpaired) electrons. The molecule has 0 aliphatic heterocycles. The van der Waals surface area contributed by atoms with E-state index < -0.39 is 0 Å². The second-order valence-corrected chi connectivity index (χ2v) is 6.74. The van der Waals surface area contributed by atoms with Crippen LogP contribution in [-0.2, 0) is 0 Å². The van der Waals surface area contributed by atoms with Gasteiger partial charge >= 0.3 is 0 Å². The van der Waals surface area contributed by atoms with Crippen molar-refractivity contribution in [3.63, 3.8) is 0 Å². The first-order valence-corrected chi connectivity index (χ1v) is 7.45. The molecule has 106 valence electrons. The summed E-state index contributed by atoms with van der Waals surface area (Å²) >= 11 is 0. The number of rotatable bonds is 6. The number of amidine groups is 1. The van der Waals surface area contributed by atoms with Crippen LogP contribution in [0.3, 0.4) is 0 Å². The van der Waals surface area contributed by atoms with E-state index in [0.717, 1.165) is 24.9 Å². The summed E-state index contributed by atoms with van der Waals surface area (Å²) in [6.07, 6.45) is 4.72. The van der Waals surface area contributed by atoms with Crippen LogP contribution in [0.15, 0.2) is 0 Å². The minimum atomic E-state index is 0.320. The number of hydrogen-bond acceptors (Lipinski definition) is 2. The van der Waals surface area contributed by atoms with Crippen molar-refractivity contribution < 1.29 is 0 Å². The molecule has 1 fully saturated rings. The normalized spacial score (nSPS) is 28.9. The number of nitrogens with zero attached hydrogens (tertiary/aromatic N) is 1. The Hall–Kier alpha value is -0.570. The molecule has 0 aromatic rings. The summed E-state index contributed by atoms with van der Waals surface area (Å²) in [7, 11) is 0. The van der Waals surface area contributed by atoms with Crippen molar-refractivity contribution in [1.82, 2.24) is 4.90 Å². The molecule has 0 heterocycles. The average molecular weight is 253 g/mol. The van der Waals surface area contributed by atoms with E-state index >= 15 is 0 Å². The van der Waals surface area contributed by atoms with Crippen LogP contribution >= 0.6 is 0 Å². The molecule has 0 spiro atoms. The Labute approximate surface area is 113 Å². The second-order valence-electron chi connectivity index (χ2n) is 6.74. The first-order valence-electron chi connectivity index (χ1n) is 7.45. The van der Waals surface area contributed by atoms with Crippen LogP contribution in [-0.4, -0.2) is 29.9 Å². The quantitative estimate of drug-likeness (QED) is 0.564. The van der Waals surface area contributed by atoms with Gasteiger partial charge in [0.25, 0.3) is 0 Å². The molecule has 0 amide bonds. The summed E-state index contributed by atoms with van der Waals surface area (Å²) in [6.45, 7) is 11.4. The summed E-state index contributed by atoms with van der Waals surface area (Å²) < 4.78 is 0. The summed E-state index contributed by atoms with van der Waals surface area (Å²) in [5, 5.41) is 7.41. The van der Waals surface area contributed by atoms with Crippen molar-refractivity contribution in [2.24, 2.45) is 23.5 Å². The zero-order valence-electron chi connectivity index (χ0n) is 12.6. The van der Waals surface area contributed by atoms with E-state index in [2.05, 4.69) is 32.6 Å². The van der Waals surface area contributed by atoms with Crippen molar-refractivity contribution in [3.05, 3.63) is 0 Å². The Morgan fingerprint density at radius 1 is 1.22 bits per heavy atom. The SMILES string of the molecule is CC(C)CN(CCC(=N)N)C1CC(C)CC(C)C1. The average Bonchev–Trinajstić information content (AvgIpc) is 2.22. The molecule has 18 heavy (non-hydrogen) atoms. The highest BCUT2D eigenvalue weighted by molar-refractivity contribution is 5.76. The molecular formula is C15H31N3. The van der Waals surface area contributed by atoms with Gasteiger partial charge in [-0.15, -0.1) is 0 Å². The van der Waals surface area contributed by atoms with E-state index in [4.69, 9.17) is 11.1 Å². The molecule has 0 aromatic carbocycles. The zero-order chi connectivity index (χ0) is 13.7. The monoisotopic (exact) mass is 253 g/mol. The summed E-state index contributed by atoms with van der Waals surface area (Å²) in [5.74, 6) is 2.68. The molecule has 3 heteroatoms. The minimum absolute atomic E-state index is 0.320. The molecule has 1 rings (SSSR count). The summed E-state index contributed by atoms with van der Waals surface area (Å²) in [5.41, 5.74) is 5.51. The first-order chi connectivity index (χ1) is 8.38. The van der Waals surface area contributed by atoms with Gasteiger partial charge in [0, 0.05) is 25.6 Å². The van der Waals surface area contributed by atoms with Crippen LogP contribution in [0.5, 0.6) is 0 Å². The fraction of sp³-hybridized carbons (Fsp3) is 0.933. The van der Waals surface area contributed by atoms with Gasteiger partial charge in [0.1, 0.15) is 0 Å². The van der Waals surface area contributed by atoms with Crippen molar-refractivity contribution in [2.75, 3.05) is 13.1 Å². The predicted molar refractivity (Wildman–Crippen MR) is 78.9 cm³/mol. The largest absolute Gasteiger partial charge is 0.388 e. The fourth-order valence-corrected chi connectivity index (χ4v) is 3.36. The van der Waals surface area contributed by atoms with Gasteiger partial charge < -0.3 is 5.73 Å². The van der Waals surface area contributed by atoms with Crippen molar-refractivity contribution in [3.8, 4) is 0 Å². The van der Waals surface area contributed by atoms with Gasteiger partial charge in [-0.3, -0.25) is 10.3 Å². The lowest BCUT2D eigenvalue weighted by Crippen LogP contribution is -2.43. The molecule has 0 aromatic heterocycles. The van der Waals surface area contributed by atoms with Gasteiger partial charge in [-0.2, -0.15) is 0 Å². The van der Waals surface area contributed by atoms with Crippen LogP contribution in [0.4, 0.5) is 0 Å². The Bertz CT molecular complexity index is 252. The third-order valence-electron chi connectivity index (χ3n) is 3.94. The molecular weight excluding hydrogens is 222 g/mol. The van der Waals surface area contributed by atoms with Gasteiger partial charge in [0.05, 0.1) is 5.84 Å². The maximum absolute atomic E-state index is 7.41. The molecule has 0 saturated heterocycles. The highest BCUT2D eigenvalue weighted by Crippen LogP contribution is 2.31. The van der Waals surface area contributed by atoms with Gasteiger partial charge in [-0.05, 0) is 37.0 Å². The third-order valence-corrected chi connectivity index (χ3v) is 3.94. The molecule has 1 saturated carbocycles. The van der Waals surface area contributed by atoms with Gasteiger partial charge in [-0.25, -0.2) is 0 Å². The van der Waals surface area contributed by atoms with E-state index in [9.17, 15) is 0 Å². The molecule has 3 N–H and O–H groups in total. The highest BCUT2D eigenvalue weighted by Gasteiger charge is 2.28. The van der Waals surface area contributed by atoms with E-state index in [-0.39, 0.29) is 0 Å². The van der Waals surface area contributed by atoms with E-state index in [1.807, 2.05) is 0 Å². The standard InChI is InChI=1S/C15H31N3/c1-11(2)10-18(6-5-15(16)17)14-8-12(3)7-13(4)9-14/h11-14H,5-10H2,1-4H3,(H3,16,17). The smallest absolute Gasteiger partial charge is 0.0918 e. The summed E-state index contributed by atoms with van der Waals surface area (Å²) in [4.78, 5) is 2.58. The zero-order valence-corrected chi connectivity index (χ0v) is 12.6. The van der Waals surface area contributed by atoms with Crippen LogP contribution in [0.2, 0.25) is 0 Å². The van der Waals surface area contributed by atoms with Crippen LogP contribution in [0.1, 0.15) is 53.4 Å². The molecule has 2 atom stereocenters. The first kappa shape index (κ1) is 15.5. The second kappa shape index (κ2) is 7.13. The lowest BCUT2D eigenvalue weighted by molar-refractivity contribution is 0.101. The Kier molecular flexibility index (Phi) is 6.13. The topological polar surface area (TPSA) is 53.1 Å². The number of nitrogens with one attached hydrogen (secondary N) is 1. The predicted octanol–water partition coefficient (Wildman–Crippen LogP) is 3.10. The van der Waals surface area contributed by atoms with E-state index in [1.165, 1.54) is 19.3 Å². The summed E-state index contributed by atoms with van der Waals surface area (Å²) in [6, 6.07) is 0.700. The van der Waals surface area contributed by atoms with E-state index in [1.54, 1.807) is 0 Å². The highest BCUT2D eigenvalue weighted by atomic mass is 15.2. The number of hydrogen-bond donors (Lipinski definition) is 2. The Morgan fingerprint density at radius 3 is 2.22 bits per heavy atom. The van der Waals surface area contributed by atoms with Gasteiger partial charge in [0.15, 0.2) is 0 Å². The van der Waals surface area contributed by atoms with Crippen molar-refractivity contribution >= 4 is 5.84 Å².